The number of rotatable bonds is 3. The second-order valence-electron chi connectivity index (χ2n) is 4.98. The van der Waals surface area contributed by atoms with E-state index in [4.69, 9.17) is 39.2 Å². The highest BCUT2D eigenvalue weighted by Crippen LogP contribution is 2.35. The molecule has 2 nitrogen and oxygen atoms in total. The van der Waals surface area contributed by atoms with Crippen LogP contribution in [0.25, 0.3) is 23.0 Å². The van der Waals surface area contributed by atoms with Crippen LogP contribution in [0.15, 0.2) is 59.0 Å². The molecule has 0 saturated carbocycles. The Hall–Kier alpha value is -2.18. The van der Waals surface area contributed by atoms with Gasteiger partial charge in [-0.15, -0.1) is 0 Å². The lowest BCUT2D eigenvalue weighted by molar-refractivity contribution is 0.572. The van der Waals surface area contributed by atoms with Crippen molar-refractivity contribution in [2.24, 2.45) is 0 Å². The third kappa shape index (κ3) is 3.49. The van der Waals surface area contributed by atoms with Gasteiger partial charge in [0.25, 0.3) is 0 Å². The fourth-order valence-corrected chi connectivity index (χ4v) is 2.83. The molecular weight excluding hydrogens is 365 g/mol. The lowest BCUT2D eigenvalue weighted by Crippen LogP contribution is -1.81. The number of furan rings is 1. The Balaban J connectivity index is 1.98. The summed E-state index contributed by atoms with van der Waals surface area (Å²) in [4.78, 5) is 0. The van der Waals surface area contributed by atoms with Gasteiger partial charge in [0, 0.05) is 10.6 Å². The Morgan fingerprint density at radius 1 is 1.00 bits per heavy atom. The van der Waals surface area contributed by atoms with Crippen molar-refractivity contribution in [2.45, 2.75) is 0 Å². The molecule has 0 spiro atoms. The fraction of sp³-hybridized carbons (Fsp3) is 0. The maximum absolute atomic E-state index is 9.39. The van der Waals surface area contributed by atoms with E-state index < -0.39 is 0 Å². The second kappa shape index (κ2) is 7.15. The summed E-state index contributed by atoms with van der Waals surface area (Å²) < 4.78 is 5.79. The number of benzene rings is 2. The van der Waals surface area contributed by atoms with Crippen LogP contribution in [0, 0.1) is 11.3 Å². The average Bonchev–Trinajstić information content (AvgIpc) is 3.03. The summed E-state index contributed by atoms with van der Waals surface area (Å²) in [5.41, 5.74) is 1.88. The van der Waals surface area contributed by atoms with Crippen molar-refractivity contribution in [1.29, 1.82) is 5.26 Å². The molecule has 0 atom stereocenters. The molecule has 0 aliphatic rings. The van der Waals surface area contributed by atoms with E-state index in [9.17, 15) is 5.26 Å². The Bertz CT molecular complexity index is 967. The Kier molecular flexibility index (Phi) is 4.97. The zero-order valence-corrected chi connectivity index (χ0v) is 14.5. The van der Waals surface area contributed by atoms with Crippen LogP contribution in [0.5, 0.6) is 0 Å². The van der Waals surface area contributed by atoms with E-state index in [2.05, 4.69) is 6.07 Å². The molecule has 0 aliphatic carbocycles. The SMILES string of the molecule is N#C/C(=C\c1ccc(-c2cccc(Cl)c2Cl)o1)c1cccc(Cl)c1. The van der Waals surface area contributed by atoms with Gasteiger partial charge in [-0.05, 0) is 48.0 Å². The molecule has 24 heavy (non-hydrogen) atoms. The minimum Gasteiger partial charge on any atom is -0.457 e. The molecule has 2 aromatic carbocycles. The molecule has 1 heterocycles. The predicted molar refractivity (Wildman–Crippen MR) is 99.1 cm³/mol. The molecule has 0 fully saturated rings. The van der Waals surface area contributed by atoms with Gasteiger partial charge in [-0.2, -0.15) is 5.26 Å². The van der Waals surface area contributed by atoms with Gasteiger partial charge in [-0.3, -0.25) is 0 Å². The van der Waals surface area contributed by atoms with Crippen molar-refractivity contribution in [3.63, 3.8) is 0 Å². The number of nitrogens with zero attached hydrogens (tertiary/aromatic N) is 1. The summed E-state index contributed by atoms with van der Waals surface area (Å²) in [5.74, 6) is 1.12. The van der Waals surface area contributed by atoms with E-state index in [1.54, 1.807) is 48.5 Å². The van der Waals surface area contributed by atoms with E-state index in [1.165, 1.54) is 0 Å². The molecule has 3 rings (SSSR count). The van der Waals surface area contributed by atoms with Crippen LogP contribution in [0.3, 0.4) is 0 Å². The van der Waals surface area contributed by atoms with Crippen LogP contribution in [-0.4, -0.2) is 0 Å². The van der Waals surface area contributed by atoms with Gasteiger partial charge in [-0.25, -0.2) is 0 Å². The smallest absolute Gasteiger partial charge is 0.136 e. The lowest BCUT2D eigenvalue weighted by atomic mass is 10.1. The number of hydrogen-bond donors (Lipinski definition) is 0. The van der Waals surface area contributed by atoms with Gasteiger partial charge in [-0.1, -0.05) is 53.0 Å². The molecule has 0 N–H and O–H groups in total. The average molecular weight is 375 g/mol. The van der Waals surface area contributed by atoms with Crippen molar-refractivity contribution < 1.29 is 4.42 Å². The van der Waals surface area contributed by atoms with Crippen molar-refractivity contribution >= 4 is 46.5 Å². The Labute approximate surface area is 154 Å². The third-order valence-corrected chi connectivity index (χ3v) is 4.44. The van der Waals surface area contributed by atoms with Crippen molar-refractivity contribution in [3.8, 4) is 17.4 Å². The summed E-state index contributed by atoms with van der Waals surface area (Å²) in [6, 6.07) is 18.2. The van der Waals surface area contributed by atoms with Crippen LogP contribution >= 0.6 is 34.8 Å². The molecule has 3 aromatic rings. The van der Waals surface area contributed by atoms with Crippen molar-refractivity contribution in [3.05, 3.63) is 81.0 Å². The molecule has 0 bridgehead atoms. The van der Waals surface area contributed by atoms with Crippen molar-refractivity contribution in [1.82, 2.24) is 0 Å². The summed E-state index contributed by atoms with van der Waals surface area (Å²) in [5, 5.41) is 10.9. The maximum Gasteiger partial charge on any atom is 0.136 e. The molecule has 0 saturated heterocycles. The first kappa shape index (κ1) is 16.7. The first-order valence-corrected chi connectivity index (χ1v) is 8.14. The zero-order valence-electron chi connectivity index (χ0n) is 12.3. The molecule has 0 amide bonds. The van der Waals surface area contributed by atoms with Crippen LogP contribution in [0.1, 0.15) is 11.3 Å². The van der Waals surface area contributed by atoms with E-state index in [0.717, 1.165) is 5.56 Å². The first-order chi connectivity index (χ1) is 11.6. The summed E-state index contributed by atoms with van der Waals surface area (Å²) in [6.07, 6.45) is 1.66. The van der Waals surface area contributed by atoms with E-state index in [-0.39, 0.29) is 0 Å². The predicted octanol–water partition coefficient (Wildman–Crippen LogP) is 6.97. The summed E-state index contributed by atoms with van der Waals surface area (Å²) >= 11 is 18.2. The van der Waals surface area contributed by atoms with Crippen LogP contribution < -0.4 is 0 Å². The zero-order chi connectivity index (χ0) is 17.1. The fourth-order valence-electron chi connectivity index (χ4n) is 2.25. The van der Waals surface area contributed by atoms with E-state index in [1.807, 2.05) is 12.1 Å². The van der Waals surface area contributed by atoms with Crippen LogP contribution in [-0.2, 0) is 0 Å². The summed E-state index contributed by atoms with van der Waals surface area (Å²) in [6.45, 7) is 0. The van der Waals surface area contributed by atoms with Gasteiger partial charge < -0.3 is 4.42 Å². The van der Waals surface area contributed by atoms with Crippen LogP contribution in [0.2, 0.25) is 15.1 Å². The lowest BCUT2D eigenvalue weighted by Gasteiger charge is -2.02. The minimum atomic E-state index is 0.430. The first-order valence-electron chi connectivity index (χ1n) is 7.00. The largest absolute Gasteiger partial charge is 0.457 e. The summed E-state index contributed by atoms with van der Waals surface area (Å²) in [7, 11) is 0. The second-order valence-corrected chi connectivity index (χ2v) is 6.21. The molecule has 0 radical (unpaired) electrons. The molecule has 118 valence electrons. The molecule has 5 heteroatoms. The quantitative estimate of drug-likeness (QED) is 0.464. The molecule has 0 unspecified atom stereocenters. The van der Waals surface area contributed by atoms with Gasteiger partial charge >= 0.3 is 0 Å². The molecule has 1 aromatic heterocycles. The minimum absolute atomic E-state index is 0.430. The number of nitriles is 1. The maximum atomic E-state index is 9.39. The van der Waals surface area contributed by atoms with Gasteiger partial charge in [0.2, 0.25) is 0 Å². The van der Waals surface area contributed by atoms with Crippen molar-refractivity contribution in [2.75, 3.05) is 0 Å². The van der Waals surface area contributed by atoms with Gasteiger partial charge in [0.05, 0.1) is 21.7 Å². The highest BCUT2D eigenvalue weighted by Gasteiger charge is 2.11. The number of allylic oxidation sites excluding steroid dienone is 1. The number of hydrogen-bond acceptors (Lipinski definition) is 2. The topological polar surface area (TPSA) is 36.9 Å². The van der Waals surface area contributed by atoms with Gasteiger partial charge in [0.15, 0.2) is 0 Å². The van der Waals surface area contributed by atoms with E-state index in [0.29, 0.717) is 37.7 Å². The number of halogens is 3. The highest BCUT2D eigenvalue weighted by molar-refractivity contribution is 6.43. The highest BCUT2D eigenvalue weighted by atomic mass is 35.5. The van der Waals surface area contributed by atoms with E-state index >= 15 is 0 Å². The monoisotopic (exact) mass is 373 g/mol. The van der Waals surface area contributed by atoms with Gasteiger partial charge in [0.1, 0.15) is 11.5 Å². The standard InChI is InChI=1S/C19H10Cl3NO/c20-14-4-1-3-12(9-14)13(11-23)10-15-7-8-18(24-15)16-5-2-6-17(21)19(16)22/h1-10H/b13-10+. The third-order valence-electron chi connectivity index (χ3n) is 3.39. The Morgan fingerprint density at radius 2 is 1.79 bits per heavy atom. The Morgan fingerprint density at radius 3 is 2.54 bits per heavy atom. The normalized spacial score (nSPS) is 11.3. The molecular formula is C19H10Cl3NO. The van der Waals surface area contributed by atoms with Crippen LogP contribution in [0.4, 0.5) is 0 Å². The molecule has 0 aliphatic heterocycles.